The third-order valence-corrected chi connectivity index (χ3v) is 9.19. The molecule has 1 spiro atoms. The van der Waals surface area contributed by atoms with E-state index in [1.54, 1.807) is 7.11 Å². The largest absolute Gasteiger partial charge is 0.598 e. The molecule has 2 aliphatic rings. The molecule has 31 heavy (non-hydrogen) atoms. The van der Waals surface area contributed by atoms with Crippen LogP contribution in [0.2, 0.25) is 0 Å². The van der Waals surface area contributed by atoms with Crippen LogP contribution in [0.25, 0.3) is 0 Å². The fourth-order valence-corrected chi connectivity index (χ4v) is 6.86. The molecule has 174 valence electrons. The Morgan fingerprint density at radius 2 is 2.06 bits per heavy atom. The van der Waals surface area contributed by atoms with E-state index in [1.807, 2.05) is 39.8 Å². The Bertz CT molecular complexity index is 813. The van der Waals surface area contributed by atoms with Gasteiger partial charge in [-0.15, -0.1) is 4.72 Å². The average Bonchev–Trinajstić information content (AvgIpc) is 2.96. The topological polar surface area (TPSA) is 70.6 Å². The van der Waals surface area contributed by atoms with Gasteiger partial charge in [0.15, 0.2) is 5.54 Å². The molecule has 0 heterocycles. The van der Waals surface area contributed by atoms with E-state index in [-0.39, 0.29) is 18.7 Å². The molecule has 2 aliphatic carbocycles. The van der Waals surface area contributed by atoms with Gasteiger partial charge in [0, 0.05) is 28.4 Å². The van der Waals surface area contributed by atoms with Crippen molar-refractivity contribution in [2.24, 2.45) is 11.3 Å². The van der Waals surface area contributed by atoms with Gasteiger partial charge in [-0.2, -0.15) is 0 Å². The summed E-state index contributed by atoms with van der Waals surface area (Å²) in [5, 5.41) is 0. The van der Waals surface area contributed by atoms with Crippen molar-refractivity contribution in [3.63, 3.8) is 0 Å². The Morgan fingerprint density at radius 1 is 1.35 bits per heavy atom. The maximum absolute atomic E-state index is 13.9. The highest BCUT2D eigenvalue weighted by atomic mass is 79.9. The first-order valence-electron chi connectivity index (χ1n) is 11.2. The van der Waals surface area contributed by atoms with Crippen molar-refractivity contribution < 1.29 is 18.8 Å². The molecule has 1 saturated carbocycles. The fourth-order valence-electron chi connectivity index (χ4n) is 5.51. The highest BCUT2D eigenvalue weighted by Crippen LogP contribution is 2.60. The Labute approximate surface area is 198 Å². The zero-order valence-corrected chi connectivity index (χ0v) is 22.0. The van der Waals surface area contributed by atoms with Gasteiger partial charge in [0.05, 0.1) is 12.7 Å². The molecule has 5 atom stereocenters. The van der Waals surface area contributed by atoms with Crippen LogP contribution >= 0.6 is 15.9 Å². The first-order chi connectivity index (χ1) is 14.5. The summed E-state index contributed by atoms with van der Waals surface area (Å²) in [7, 11) is 1.78. The van der Waals surface area contributed by atoms with Gasteiger partial charge in [-0.25, -0.2) is 4.79 Å². The fraction of sp³-hybridized carbons (Fsp3) is 0.708. The lowest BCUT2D eigenvalue weighted by atomic mass is 9.58. The second-order valence-corrected chi connectivity index (χ2v) is 12.8. The van der Waals surface area contributed by atoms with Crippen LogP contribution in [-0.4, -0.2) is 35.1 Å². The first-order valence-corrected chi connectivity index (χ1v) is 13.2. The van der Waals surface area contributed by atoms with Crippen LogP contribution in [0, 0.1) is 11.3 Å². The molecule has 7 heteroatoms. The van der Waals surface area contributed by atoms with Crippen molar-refractivity contribution in [3.8, 4) is 0 Å². The van der Waals surface area contributed by atoms with Gasteiger partial charge < -0.3 is 14.0 Å². The summed E-state index contributed by atoms with van der Waals surface area (Å²) in [5.74, 6) is 0.00495. The van der Waals surface area contributed by atoms with E-state index < -0.39 is 27.1 Å². The van der Waals surface area contributed by atoms with E-state index >= 15 is 0 Å². The monoisotopic (exact) mass is 513 g/mol. The summed E-state index contributed by atoms with van der Waals surface area (Å²) in [5.41, 5.74) is 0.440. The standard InChI is InChI=1S/C24H36BrNO4S/c1-7-16-14-23(12-11-20(16)29-6)15-17-9-10-18(25)13-19(17)24(23,21(27)30-8-2)26-31(28)22(3,4)5/h9-10,13,16,20,26H,7-8,11-12,14-15H2,1-6H3/t16-,20-,23-,24-,31+/m1/s1. The Morgan fingerprint density at radius 3 is 2.65 bits per heavy atom. The zero-order valence-electron chi connectivity index (χ0n) is 19.5. The number of methoxy groups -OCH3 is 1. The molecule has 0 aliphatic heterocycles. The lowest BCUT2D eigenvalue weighted by Gasteiger charge is -2.50. The second-order valence-electron chi connectivity index (χ2n) is 9.90. The normalized spacial score (nSPS) is 31.5. The van der Waals surface area contributed by atoms with E-state index in [2.05, 4.69) is 33.6 Å². The molecule has 1 aromatic rings. The van der Waals surface area contributed by atoms with Gasteiger partial charge >= 0.3 is 5.97 Å². The quantitative estimate of drug-likeness (QED) is 0.426. The van der Waals surface area contributed by atoms with Crippen LogP contribution < -0.4 is 4.72 Å². The first kappa shape index (κ1) is 25.0. The lowest BCUT2D eigenvalue weighted by molar-refractivity contribution is -0.161. The minimum Gasteiger partial charge on any atom is -0.598 e. The number of carbonyl (C=O) groups excluding carboxylic acids is 1. The van der Waals surface area contributed by atoms with Crippen molar-refractivity contribution in [1.29, 1.82) is 0 Å². The van der Waals surface area contributed by atoms with Crippen molar-refractivity contribution in [2.45, 2.75) is 83.1 Å². The highest BCUT2D eigenvalue weighted by molar-refractivity contribution is 9.10. The number of nitrogens with one attached hydrogen (secondary N) is 1. The summed E-state index contributed by atoms with van der Waals surface area (Å²) in [6.07, 6.45) is 4.41. The smallest absolute Gasteiger partial charge is 0.336 e. The maximum Gasteiger partial charge on any atom is 0.336 e. The third kappa shape index (κ3) is 4.33. The van der Waals surface area contributed by atoms with E-state index in [9.17, 15) is 9.35 Å². The van der Waals surface area contributed by atoms with Crippen molar-refractivity contribution in [3.05, 3.63) is 33.8 Å². The predicted molar refractivity (Wildman–Crippen MR) is 128 cm³/mol. The number of ether oxygens (including phenoxy) is 2. The molecular weight excluding hydrogens is 478 g/mol. The van der Waals surface area contributed by atoms with Gasteiger partial charge in [-0.1, -0.05) is 35.3 Å². The van der Waals surface area contributed by atoms with Crippen LogP contribution in [0.4, 0.5) is 0 Å². The predicted octanol–water partition coefficient (Wildman–Crippen LogP) is 5.03. The number of fused-ring (bicyclic) bond motifs is 1. The number of hydrogen-bond donors (Lipinski definition) is 1. The number of rotatable bonds is 6. The Kier molecular flexibility index (Phi) is 7.54. The summed E-state index contributed by atoms with van der Waals surface area (Å²) in [6.45, 7) is 10.1. The molecule has 0 unspecified atom stereocenters. The molecule has 5 nitrogen and oxygen atoms in total. The minimum atomic E-state index is -1.45. The molecule has 1 fully saturated rings. The van der Waals surface area contributed by atoms with Crippen LogP contribution in [0.15, 0.2) is 22.7 Å². The van der Waals surface area contributed by atoms with Crippen LogP contribution in [0.3, 0.4) is 0 Å². The molecule has 0 amide bonds. The molecular formula is C24H36BrNO4S. The van der Waals surface area contributed by atoms with Gasteiger partial charge in [-0.3, -0.25) is 0 Å². The lowest BCUT2D eigenvalue weighted by Crippen LogP contribution is -2.64. The van der Waals surface area contributed by atoms with E-state index in [1.165, 1.54) is 0 Å². The molecule has 0 saturated heterocycles. The SMILES string of the molecule is CCOC(=O)[C@]1(N[S@@+]([O-])C(C)(C)C)c2cc(Br)ccc2C[C@]12CC[C@@H](OC)[C@H](CC)C2. The number of benzene rings is 1. The van der Waals surface area contributed by atoms with Gasteiger partial charge in [0.2, 0.25) is 0 Å². The van der Waals surface area contributed by atoms with E-state index in [4.69, 9.17) is 9.47 Å². The molecule has 3 rings (SSSR count). The molecule has 0 aromatic heterocycles. The summed E-state index contributed by atoms with van der Waals surface area (Å²) >= 11 is 2.14. The van der Waals surface area contributed by atoms with Crippen molar-refractivity contribution >= 4 is 33.3 Å². The van der Waals surface area contributed by atoms with Crippen molar-refractivity contribution in [2.75, 3.05) is 13.7 Å². The van der Waals surface area contributed by atoms with Gasteiger partial charge in [0.25, 0.3) is 0 Å². The van der Waals surface area contributed by atoms with E-state index in [0.717, 1.165) is 47.7 Å². The van der Waals surface area contributed by atoms with Crippen molar-refractivity contribution in [1.82, 2.24) is 4.72 Å². The summed E-state index contributed by atoms with van der Waals surface area (Å²) in [6, 6.07) is 6.12. The number of halogens is 1. The number of carbonyl (C=O) groups is 1. The average molecular weight is 515 g/mol. The zero-order chi connectivity index (χ0) is 23.0. The summed E-state index contributed by atoms with van der Waals surface area (Å²) in [4.78, 5) is 13.9. The molecule has 1 N–H and O–H groups in total. The van der Waals surface area contributed by atoms with Crippen LogP contribution in [-0.2, 0) is 37.6 Å². The van der Waals surface area contributed by atoms with Crippen LogP contribution in [0.5, 0.6) is 0 Å². The van der Waals surface area contributed by atoms with Gasteiger partial charge in [-0.05, 0) is 82.6 Å². The Hall–Kier alpha value is -0.600. The number of esters is 1. The Balaban J connectivity index is 2.22. The molecule has 1 aromatic carbocycles. The van der Waals surface area contributed by atoms with E-state index in [0.29, 0.717) is 5.92 Å². The molecule has 0 radical (unpaired) electrons. The summed E-state index contributed by atoms with van der Waals surface area (Å²) < 4.78 is 28.7. The number of hydrogen-bond acceptors (Lipinski definition) is 5. The highest BCUT2D eigenvalue weighted by Gasteiger charge is 2.67. The second kappa shape index (κ2) is 9.34. The maximum atomic E-state index is 13.9. The van der Waals surface area contributed by atoms with Gasteiger partial charge in [0.1, 0.15) is 4.75 Å². The third-order valence-electron chi connectivity index (χ3n) is 7.10. The van der Waals surface area contributed by atoms with Crippen LogP contribution in [0.1, 0.15) is 71.4 Å². The minimum absolute atomic E-state index is 0.180. The molecule has 0 bridgehead atoms.